The Kier molecular flexibility index (Phi) is 9.82. The first kappa shape index (κ1) is 31.0. The molecule has 0 aliphatic heterocycles. The lowest BCUT2D eigenvalue weighted by atomic mass is 10.1. The highest BCUT2D eigenvalue weighted by molar-refractivity contribution is 9.10. The maximum atomic E-state index is 14.0. The molecule has 10 nitrogen and oxygen atoms in total. The van der Waals surface area contributed by atoms with Crippen LogP contribution in [0.4, 0.5) is 4.79 Å². The van der Waals surface area contributed by atoms with Gasteiger partial charge in [0.1, 0.15) is 16.8 Å². The van der Waals surface area contributed by atoms with Crippen LogP contribution in [-0.4, -0.2) is 50.3 Å². The number of aryl methyl sites for hydroxylation is 1. The van der Waals surface area contributed by atoms with Crippen molar-refractivity contribution in [2.75, 3.05) is 13.1 Å². The van der Waals surface area contributed by atoms with E-state index in [4.69, 9.17) is 14.2 Å². The highest BCUT2D eigenvalue weighted by Crippen LogP contribution is 2.27. The van der Waals surface area contributed by atoms with E-state index in [-0.39, 0.29) is 30.3 Å². The zero-order valence-corrected chi connectivity index (χ0v) is 26.1. The van der Waals surface area contributed by atoms with Crippen molar-refractivity contribution in [1.29, 1.82) is 0 Å². The lowest BCUT2D eigenvalue weighted by molar-refractivity contribution is 0.0523. The molecule has 0 bridgehead atoms. The van der Waals surface area contributed by atoms with E-state index in [0.29, 0.717) is 41.9 Å². The molecule has 0 saturated heterocycles. The number of rotatable bonds is 10. The van der Waals surface area contributed by atoms with Gasteiger partial charge in [0.05, 0.1) is 18.3 Å². The van der Waals surface area contributed by atoms with Gasteiger partial charge < -0.3 is 19.5 Å². The lowest BCUT2D eigenvalue weighted by Crippen LogP contribution is -2.41. The van der Waals surface area contributed by atoms with Crippen LogP contribution in [0.25, 0.3) is 11.1 Å². The lowest BCUT2D eigenvalue weighted by Gasteiger charge is -2.32. The van der Waals surface area contributed by atoms with Crippen LogP contribution in [0.2, 0.25) is 0 Å². The molecule has 42 heavy (non-hydrogen) atoms. The molecule has 2 amide bonds. The fourth-order valence-corrected chi connectivity index (χ4v) is 4.97. The average Bonchev–Trinajstić information content (AvgIpc) is 3.32. The Hall–Kier alpha value is -3.99. The third kappa shape index (κ3) is 7.44. The highest BCUT2D eigenvalue weighted by Gasteiger charge is 2.30. The molecular weight excluding hydrogens is 602 g/mol. The van der Waals surface area contributed by atoms with Crippen LogP contribution in [-0.2, 0) is 11.3 Å². The number of halogens is 1. The van der Waals surface area contributed by atoms with Crippen molar-refractivity contribution < 1.29 is 18.8 Å². The van der Waals surface area contributed by atoms with Gasteiger partial charge in [-0.25, -0.2) is 4.79 Å². The molecule has 11 heteroatoms. The van der Waals surface area contributed by atoms with Gasteiger partial charge in [-0.3, -0.25) is 14.2 Å². The molecule has 0 fully saturated rings. The molecule has 0 radical (unpaired) electrons. The molecule has 222 valence electrons. The number of nitrogens with zero attached hydrogens (tertiary/aromatic N) is 4. The zero-order valence-electron chi connectivity index (χ0n) is 24.5. The maximum absolute atomic E-state index is 14.0. The van der Waals surface area contributed by atoms with Gasteiger partial charge in [-0.05, 0) is 70.4 Å². The van der Waals surface area contributed by atoms with Crippen LogP contribution >= 0.6 is 15.9 Å². The minimum absolute atomic E-state index is 0.137. The Bertz CT molecular complexity index is 1590. The molecule has 4 aromatic rings. The molecular formula is C31H36BrN5O5. The Balaban J connectivity index is 1.73. The van der Waals surface area contributed by atoms with Crippen LogP contribution < -0.4 is 10.9 Å². The molecule has 4 rings (SSSR count). The van der Waals surface area contributed by atoms with E-state index in [1.807, 2.05) is 49.4 Å². The van der Waals surface area contributed by atoms with Crippen molar-refractivity contribution in [1.82, 2.24) is 24.9 Å². The van der Waals surface area contributed by atoms with E-state index < -0.39 is 17.7 Å². The number of carbonyl (C=O) groups excluding carboxylic acids is 2. The topological polar surface area (TPSA) is 120 Å². The second-order valence-corrected chi connectivity index (χ2v) is 11.9. The molecule has 2 aromatic carbocycles. The molecule has 2 heterocycles. The zero-order chi connectivity index (χ0) is 30.4. The number of ether oxygens (including phenoxy) is 1. The van der Waals surface area contributed by atoms with Gasteiger partial charge in [0, 0.05) is 23.1 Å². The summed E-state index contributed by atoms with van der Waals surface area (Å²) in [7, 11) is 0. The van der Waals surface area contributed by atoms with Gasteiger partial charge in [0.25, 0.3) is 17.2 Å². The molecule has 1 atom stereocenters. The van der Waals surface area contributed by atoms with E-state index in [0.717, 1.165) is 10.0 Å². The Morgan fingerprint density at radius 1 is 1.12 bits per heavy atom. The summed E-state index contributed by atoms with van der Waals surface area (Å²) in [5, 5.41) is 7.06. The van der Waals surface area contributed by atoms with Gasteiger partial charge in [-0.1, -0.05) is 58.3 Å². The SMILES string of the molecule is CCC(c1nc2onc(C)c2c(=O)n1Cc1ccccc1)N(CCCNC(=O)OC(C)(C)C)C(=O)c1ccc(Br)cc1. The van der Waals surface area contributed by atoms with Crippen LogP contribution in [0.15, 0.2) is 68.4 Å². The summed E-state index contributed by atoms with van der Waals surface area (Å²) in [4.78, 5) is 46.6. The average molecular weight is 639 g/mol. The fraction of sp³-hybridized carbons (Fsp3) is 0.387. The number of benzene rings is 2. The van der Waals surface area contributed by atoms with Crippen molar-refractivity contribution in [3.05, 3.63) is 92.1 Å². The van der Waals surface area contributed by atoms with Gasteiger partial charge >= 0.3 is 6.09 Å². The molecule has 1 unspecified atom stereocenters. The second-order valence-electron chi connectivity index (χ2n) is 11.0. The van der Waals surface area contributed by atoms with Gasteiger partial charge in [0.15, 0.2) is 0 Å². The summed E-state index contributed by atoms with van der Waals surface area (Å²) in [5.74, 6) is 0.182. The number of carbonyl (C=O) groups is 2. The largest absolute Gasteiger partial charge is 0.444 e. The third-order valence-corrected chi connectivity index (χ3v) is 7.17. The van der Waals surface area contributed by atoms with Gasteiger partial charge in [-0.15, -0.1) is 0 Å². The fourth-order valence-electron chi connectivity index (χ4n) is 4.71. The summed E-state index contributed by atoms with van der Waals surface area (Å²) < 4.78 is 13.2. The van der Waals surface area contributed by atoms with Crippen LogP contribution in [0, 0.1) is 6.92 Å². The Labute approximate surface area is 253 Å². The summed E-state index contributed by atoms with van der Waals surface area (Å²) in [6.07, 6.45) is 0.400. The summed E-state index contributed by atoms with van der Waals surface area (Å²) in [6, 6.07) is 16.2. The minimum atomic E-state index is -0.618. The number of amides is 2. The molecule has 0 aliphatic carbocycles. The van der Waals surface area contributed by atoms with Crippen LogP contribution in [0.3, 0.4) is 0 Å². The molecule has 0 spiro atoms. The number of aromatic nitrogens is 3. The Morgan fingerprint density at radius 3 is 2.45 bits per heavy atom. The van der Waals surface area contributed by atoms with E-state index in [2.05, 4.69) is 26.4 Å². The van der Waals surface area contributed by atoms with Crippen LogP contribution in [0.1, 0.15) is 74.0 Å². The molecule has 0 aliphatic rings. The molecule has 0 saturated carbocycles. The Morgan fingerprint density at radius 2 is 1.81 bits per heavy atom. The number of fused-ring (bicyclic) bond motifs is 1. The summed E-state index contributed by atoms with van der Waals surface area (Å²) in [5.41, 5.74) is 1.10. The van der Waals surface area contributed by atoms with E-state index >= 15 is 0 Å². The smallest absolute Gasteiger partial charge is 0.407 e. The van der Waals surface area contributed by atoms with Crippen molar-refractivity contribution in [2.24, 2.45) is 0 Å². The number of nitrogens with one attached hydrogen (secondary N) is 1. The highest BCUT2D eigenvalue weighted by atomic mass is 79.9. The van der Waals surface area contributed by atoms with Crippen molar-refractivity contribution in [3.63, 3.8) is 0 Å². The monoisotopic (exact) mass is 637 g/mol. The summed E-state index contributed by atoms with van der Waals surface area (Å²) >= 11 is 3.43. The van der Waals surface area contributed by atoms with Crippen LogP contribution in [0.5, 0.6) is 0 Å². The number of alkyl carbamates (subject to hydrolysis) is 1. The predicted molar refractivity (Wildman–Crippen MR) is 163 cm³/mol. The predicted octanol–water partition coefficient (Wildman–Crippen LogP) is 6.01. The molecule has 2 aromatic heterocycles. The van der Waals surface area contributed by atoms with Crippen molar-refractivity contribution in [3.8, 4) is 0 Å². The minimum Gasteiger partial charge on any atom is -0.444 e. The second kappa shape index (κ2) is 13.3. The third-order valence-electron chi connectivity index (χ3n) is 6.64. The van der Waals surface area contributed by atoms with E-state index in [9.17, 15) is 14.4 Å². The first-order valence-corrected chi connectivity index (χ1v) is 14.7. The standard InChI is InChI=1S/C31H36BrN5O5/c1-6-24(26-34-27-25(20(2)35-42-27)29(39)37(26)19-21-11-8-7-9-12-21)36(28(38)22-13-15-23(32)16-14-22)18-10-17-33-30(40)41-31(3,4)5/h7-9,11-16,24H,6,10,17-19H2,1-5H3,(H,33,40). The number of hydrogen-bond acceptors (Lipinski definition) is 7. The van der Waals surface area contributed by atoms with Gasteiger partial charge in [-0.2, -0.15) is 4.98 Å². The first-order chi connectivity index (χ1) is 20.0. The number of hydrogen-bond donors (Lipinski definition) is 1. The summed E-state index contributed by atoms with van der Waals surface area (Å²) in [6.45, 7) is 9.89. The van der Waals surface area contributed by atoms with Gasteiger partial charge in [0.2, 0.25) is 0 Å². The van der Waals surface area contributed by atoms with Crippen molar-refractivity contribution in [2.45, 2.75) is 65.6 Å². The molecule has 1 N–H and O–H groups in total. The maximum Gasteiger partial charge on any atom is 0.407 e. The van der Waals surface area contributed by atoms with E-state index in [1.54, 1.807) is 49.3 Å². The van der Waals surface area contributed by atoms with Crippen molar-refractivity contribution >= 4 is 39.0 Å². The normalized spacial score (nSPS) is 12.2. The quantitative estimate of drug-likeness (QED) is 0.211. The first-order valence-electron chi connectivity index (χ1n) is 13.9. The van der Waals surface area contributed by atoms with E-state index in [1.165, 1.54) is 0 Å².